The molecule has 0 spiro atoms. The highest BCUT2D eigenvalue weighted by molar-refractivity contribution is 5.81. The van der Waals surface area contributed by atoms with Gasteiger partial charge in [0.25, 0.3) is 0 Å². The first-order valence-corrected chi connectivity index (χ1v) is 6.91. The van der Waals surface area contributed by atoms with Gasteiger partial charge in [-0.3, -0.25) is 4.79 Å². The van der Waals surface area contributed by atoms with E-state index in [2.05, 4.69) is 0 Å². The minimum absolute atomic E-state index is 0.0328. The summed E-state index contributed by atoms with van der Waals surface area (Å²) < 4.78 is 15.8. The van der Waals surface area contributed by atoms with Gasteiger partial charge in [0.15, 0.2) is 0 Å². The molecule has 0 radical (unpaired) electrons. The summed E-state index contributed by atoms with van der Waals surface area (Å²) in [7, 11) is 1.55. The summed E-state index contributed by atoms with van der Waals surface area (Å²) in [5.41, 5.74) is 5.74. The Balaban J connectivity index is 2.19. The monoisotopic (exact) mass is 274 g/mol. The molecule has 1 unspecified atom stereocenters. The molecule has 2 N–H and O–H groups in total. The maximum absolute atomic E-state index is 12.0. The Morgan fingerprint density at radius 2 is 2.05 bits per heavy atom. The fourth-order valence-corrected chi connectivity index (χ4v) is 2.15. The normalized spacial score (nSPS) is 18.6. The molecule has 0 aromatic rings. The van der Waals surface area contributed by atoms with Gasteiger partial charge in [-0.15, -0.1) is 0 Å². The maximum Gasteiger partial charge on any atom is 0.241 e. The summed E-state index contributed by atoms with van der Waals surface area (Å²) >= 11 is 0. The van der Waals surface area contributed by atoms with Crippen LogP contribution in [0.5, 0.6) is 0 Å². The summed E-state index contributed by atoms with van der Waals surface area (Å²) in [5, 5.41) is 0. The van der Waals surface area contributed by atoms with Crippen molar-refractivity contribution < 1.29 is 19.0 Å². The molecule has 6 nitrogen and oxygen atoms in total. The number of hydrogen-bond donors (Lipinski definition) is 1. The SMILES string of the molecule is CCOCCOC1CCN(C(=O)C(N)COC)CC1. The van der Waals surface area contributed by atoms with Crippen molar-refractivity contribution in [3.05, 3.63) is 0 Å². The molecule has 0 aromatic carbocycles. The van der Waals surface area contributed by atoms with Crippen LogP contribution >= 0.6 is 0 Å². The van der Waals surface area contributed by atoms with Crippen LogP contribution in [-0.2, 0) is 19.0 Å². The highest BCUT2D eigenvalue weighted by atomic mass is 16.5. The standard InChI is InChI=1S/C13H26N2O4/c1-3-18-8-9-19-11-4-6-15(7-5-11)13(16)12(14)10-17-2/h11-12H,3-10,14H2,1-2H3. The van der Waals surface area contributed by atoms with Gasteiger partial charge in [0.05, 0.1) is 25.9 Å². The van der Waals surface area contributed by atoms with E-state index in [0.29, 0.717) is 32.9 Å². The molecule has 1 heterocycles. The third kappa shape index (κ3) is 5.86. The Morgan fingerprint density at radius 1 is 1.37 bits per heavy atom. The van der Waals surface area contributed by atoms with Crippen LogP contribution in [0.1, 0.15) is 19.8 Å². The summed E-state index contributed by atoms with van der Waals surface area (Å²) in [6, 6.07) is -0.555. The van der Waals surface area contributed by atoms with Crippen LogP contribution in [0, 0.1) is 0 Å². The summed E-state index contributed by atoms with van der Waals surface area (Å²) in [6.45, 7) is 5.61. The minimum Gasteiger partial charge on any atom is -0.383 e. The number of likely N-dealkylation sites (tertiary alicyclic amines) is 1. The molecule has 1 saturated heterocycles. The zero-order valence-corrected chi connectivity index (χ0v) is 12.0. The van der Waals surface area contributed by atoms with Gasteiger partial charge in [-0.05, 0) is 19.8 Å². The zero-order valence-electron chi connectivity index (χ0n) is 12.0. The molecule has 0 aromatic heterocycles. The van der Waals surface area contributed by atoms with Gasteiger partial charge in [-0.2, -0.15) is 0 Å². The van der Waals surface area contributed by atoms with E-state index >= 15 is 0 Å². The second kappa shape index (κ2) is 9.25. The fourth-order valence-electron chi connectivity index (χ4n) is 2.15. The van der Waals surface area contributed by atoms with Crippen LogP contribution in [0.15, 0.2) is 0 Å². The number of ether oxygens (including phenoxy) is 3. The van der Waals surface area contributed by atoms with Gasteiger partial charge in [0.2, 0.25) is 5.91 Å². The van der Waals surface area contributed by atoms with E-state index in [4.69, 9.17) is 19.9 Å². The van der Waals surface area contributed by atoms with Crippen molar-refractivity contribution in [3.63, 3.8) is 0 Å². The van der Waals surface area contributed by atoms with E-state index in [9.17, 15) is 4.79 Å². The highest BCUT2D eigenvalue weighted by Crippen LogP contribution is 2.14. The molecule has 6 heteroatoms. The lowest BCUT2D eigenvalue weighted by molar-refractivity contribution is -0.136. The predicted octanol–water partition coefficient (Wildman–Crippen LogP) is 0.00420. The molecule has 1 aliphatic rings. The Labute approximate surface area is 115 Å². The smallest absolute Gasteiger partial charge is 0.241 e. The van der Waals surface area contributed by atoms with Crippen molar-refractivity contribution in [2.45, 2.75) is 31.9 Å². The molecule has 1 fully saturated rings. The van der Waals surface area contributed by atoms with Gasteiger partial charge in [-0.25, -0.2) is 0 Å². The third-order valence-corrected chi connectivity index (χ3v) is 3.20. The van der Waals surface area contributed by atoms with Crippen LogP contribution in [-0.4, -0.2) is 69.6 Å². The number of hydrogen-bond acceptors (Lipinski definition) is 5. The van der Waals surface area contributed by atoms with Crippen molar-refractivity contribution in [1.82, 2.24) is 4.90 Å². The number of piperidine rings is 1. The van der Waals surface area contributed by atoms with Crippen LogP contribution in [0.2, 0.25) is 0 Å². The Hall–Kier alpha value is -0.690. The van der Waals surface area contributed by atoms with E-state index in [1.165, 1.54) is 0 Å². The summed E-state index contributed by atoms with van der Waals surface area (Å²) in [5.74, 6) is -0.0328. The van der Waals surface area contributed by atoms with Crippen molar-refractivity contribution in [3.8, 4) is 0 Å². The molecular formula is C13H26N2O4. The fraction of sp³-hybridized carbons (Fsp3) is 0.923. The lowest BCUT2D eigenvalue weighted by atomic mass is 10.1. The predicted molar refractivity (Wildman–Crippen MR) is 71.9 cm³/mol. The highest BCUT2D eigenvalue weighted by Gasteiger charge is 2.26. The number of nitrogens with two attached hydrogens (primary N) is 1. The second-order valence-electron chi connectivity index (χ2n) is 4.65. The van der Waals surface area contributed by atoms with Crippen molar-refractivity contribution in [1.29, 1.82) is 0 Å². The van der Waals surface area contributed by atoms with Crippen molar-refractivity contribution >= 4 is 5.91 Å². The number of amides is 1. The average molecular weight is 274 g/mol. The minimum atomic E-state index is -0.555. The molecule has 1 rings (SSSR count). The van der Waals surface area contributed by atoms with Crippen molar-refractivity contribution in [2.24, 2.45) is 5.73 Å². The van der Waals surface area contributed by atoms with Crippen LogP contribution in [0.3, 0.4) is 0 Å². The molecule has 19 heavy (non-hydrogen) atoms. The van der Waals surface area contributed by atoms with Gasteiger partial charge >= 0.3 is 0 Å². The second-order valence-corrected chi connectivity index (χ2v) is 4.65. The van der Waals surface area contributed by atoms with E-state index in [-0.39, 0.29) is 18.6 Å². The first-order valence-electron chi connectivity index (χ1n) is 6.91. The number of carbonyl (C=O) groups excluding carboxylic acids is 1. The van der Waals surface area contributed by atoms with Gasteiger partial charge in [0.1, 0.15) is 6.04 Å². The quantitative estimate of drug-likeness (QED) is 0.631. The molecule has 1 aliphatic heterocycles. The maximum atomic E-state index is 12.0. The first kappa shape index (κ1) is 16.4. The van der Waals surface area contributed by atoms with Gasteiger partial charge in [-0.1, -0.05) is 0 Å². The van der Waals surface area contributed by atoms with E-state index < -0.39 is 6.04 Å². The Kier molecular flexibility index (Phi) is 7.97. The van der Waals surface area contributed by atoms with Crippen molar-refractivity contribution in [2.75, 3.05) is 46.6 Å². The first-order chi connectivity index (χ1) is 9.19. The molecule has 1 atom stereocenters. The number of methoxy groups -OCH3 is 1. The lowest BCUT2D eigenvalue weighted by Gasteiger charge is -2.33. The van der Waals surface area contributed by atoms with Gasteiger partial charge in [0, 0.05) is 26.8 Å². The molecule has 0 bridgehead atoms. The van der Waals surface area contributed by atoms with E-state index in [0.717, 1.165) is 12.8 Å². The topological polar surface area (TPSA) is 74.0 Å². The van der Waals surface area contributed by atoms with Crippen LogP contribution in [0.25, 0.3) is 0 Å². The number of rotatable bonds is 8. The van der Waals surface area contributed by atoms with Crippen LogP contribution < -0.4 is 5.73 Å². The molecule has 0 saturated carbocycles. The lowest BCUT2D eigenvalue weighted by Crippen LogP contribution is -2.49. The third-order valence-electron chi connectivity index (χ3n) is 3.20. The average Bonchev–Trinajstić information content (AvgIpc) is 2.44. The zero-order chi connectivity index (χ0) is 14.1. The molecule has 1 amide bonds. The van der Waals surface area contributed by atoms with Gasteiger partial charge < -0.3 is 24.8 Å². The molecule has 0 aliphatic carbocycles. The number of carbonyl (C=O) groups is 1. The number of nitrogens with zero attached hydrogens (tertiary/aromatic N) is 1. The van der Waals surface area contributed by atoms with E-state index in [1.807, 2.05) is 6.92 Å². The Morgan fingerprint density at radius 3 is 2.63 bits per heavy atom. The molecular weight excluding hydrogens is 248 g/mol. The summed E-state index contributed by atoms with van der Waals surface area (Å²) in [6.07, 6.45) is 1.94. The summed E-state index contributed by atoms with van der Waals surface area (Å²) in [4.78, 5) is 13.8. The largest absolute Gasteiger partial charge is 0.383 e. The Bertz CT molecular complexity index is 255. The molecule has 112 valence electrons. The van der Waals surface area contributed by atoms with Crippen LogP contribution in [0.4, 0.5) is 0 Å². The van der Waals surface area contributed by atoms with E-state index in [1.54, 1.807) is 12.0 Å².